The third-order valence-electron chi connectivity index (χ3n) is 3.52. The van der Waals surface area contributed by atoms with Crippen LogP contribution in [0.4, 0.5) is 0 Å². The predicted octanol–water partition coefficient (Wildman–Crippen LogP) is 1.06. The third-order valence-corrected chi connectivity index (χ3v) is 5.29. The summed E-state index contributed by atoms with van der Waals surface area (Å²) in [5.74, 6) is -0.158. The second-order valence-electron chi connectivity index (χ2n) is 5.22. The van der Waals surface area contributed by atoms with Crippen molar-refractivity contribution in [3.8, 4) is 11.4 Å². The number of pyridine rings is 2. The summed E-state index contributed by atoms with van der Waals surface area (Å²) in [5.41, 5.74) is 1.82. The van der Waals surface area contributed by atoms with Crippen LogP contribution in [0.15, 0.2) is 42.7 Å². The van der Waals surface area contributed by atoms with E-state index in [1.54, 1.807) is 18.3 Å². The van der Waals surface area contributed by atoms with E-state index >= 15 is 0 Å². The molecule has 0 spiro atoms. The van der Waals surface area contributed by atoms with E-state index in [0.29, 0.717) is 17.7 Å². The number of sulfone groups is 1. The molecule has 1 aliphatic heterocycles. The highest BCUT2D eigenvalue weighted by Gasteiger charge is 2.29. The molecule has 2 aromatic rings. The Morgan fingerprint density at radius 3 is 2.55 bits per heavy atom. The number of rotatable bonds is 3. The van der Waals surface area contributed by atoms with Crippen LogP contribution in [0.5, 0.6) is 0 Å². The molecule has 114 valence electrons. The fourth-order valence-corrected chi connectivity index (χ4v) is 4.04. The van der Waals surface area contributed by atoms with Crippen LogP contribution in [0.1, 0.15) is 16.8 Å². The number of amides is 1. The molecule has 1 fully saturated rings. The Balaban J connectivity index is 1.69. The Morgan fingerprint density at radius 2 is 1.95 bits per heavy atom. The van der Waals surface area contributed by atoms with Crippen LogP contribution in [-0.4, -0.2) is 41.8 Å². The molecule has 3 rings (SSSR count). The summed E-state index contributed by atoms with van der Waals surface area (Å²) < 4.78 is 22.8. The van der Waals surface area contributed by atoms with Crippen LogP contribution < -0.4 is 5.32 Å². The third kappa shape index (κ3) is 3.30. The Bertz CT molecular complexity index is 773. The van der Waals surface area contributed by atoms with Crippen molar-refractivity contribution < 1.29 is 13.2 Å². The number of carbonyl (C=O) groups is 1. The summed E-state index contributed by atoms with van der Waals surface area (Å²) >= 11 is 0. The molecule has 0 bridgehead atoms. The van der Waals surface area contributed by atoms with Crippen molar-refractivity contribution in [1.82, 2.24) is 15.3 Å². The van der Waals surface area contributed by atoms with E-state index < -0.39 is 9.84 Å². The van der Waals surface area contributed by atoms with Gasteiger partial charge >= 0.3 is 0 Å². The van der Waals surface area contributed by atoms with Gasteiger partial charge in [0.2, 0.25) is 0 Å². The van der Waals surface area contributed by atoms with Crippen molar-refractivity contribution in [3.63, 3.8) is 0 Å². The van der Waals surface area contributed by atoms with Crippen LogP contribution in [-0.2, 0) is 9.84 Å². The fourth-order valence-electron chi connectivity index (χ4n) is 2.37. The van der Waals surface area contributed by atoms with E-state index in [1.807, 2.05) is 18.2 Å². The zero-order chi connectivity index (χ0) is 15.6. The van der Waals surface area contributed by atoms with E-state index in [4.69, 9.17) is 0 Å². The van der Waals surface area contributed by atoms with Gasteiger partial charge in [-0.3, -0.25) is 14.8 Å². The monoisotopic (exact) mass is 317 g/mol. The first-order chi connectivity index (χ1) is 10.5. The zero-order valence-corrected chi connectivity index (χ0v) is 12.6. The van der Waals surface area contributed by atoms with Crippen molar-refractivity contribution >= 4 is 15.7 Å². The number of hydrogen-bond acceptors (Lipinski definition) is 5. The summed E-state index contributed by atoms with van der Waals surface area (Å²) in [6.07, 6.45) is 3.62. The van der Waals surface area contributed by atoms with Gasteiger partial charge in [0.15, 0.2) is 9.84 Å². The summed E-state index contributed by atoms with van der Waals surface area (Å²) in [4.78, 5) is 20.5. The average Bonchev–Trinajstić information content (AvgIpc) is 2.87. The van der Waals surface area contributed by atoms with Crippen molar-refractivity contribution in [2.75, 3.05) is 11.5 Å². The molecular weight excluding hydrogens is 302 g/mol. The van der Waals surface area contributed by atoms with E-state index in [1.165, 1.54) is 6.20 Å². The molecule has 0 aromatic carbocycles. The molecule has 1 amide bonds. The Hall–Kier alpha value is -2.28. The van der Waals surface area contributed by atoms with Gasteiger partial charge < -0.3 is 5.32 Å². The van der Waals surface area contributed by atoms with Crippen molar-refractivity contribution in [2.45, 2.75) is 12.5 Å². The molecule has 0 aliphatic carbocycles. The van der Waals surface area contributed by atoms with Crippen molar-refractivity contribution in [1.29, 1.82) is 0 Å². The normalized spacial score (nSPS) is 19.7. The molecule has 0 saturated carbocycles. The summed E-state index contributed by atoms with van der Waals surface area (Å²) in [6, 6.07) is 8.60. The van der Waals surface area contributed by atoms with E-state index in [2.05, 4.69) is 15.3 Å². The quantitative estimate of drug-likeness (QED) is 0.914. The minimum absolute atomic E-state index is 0.0121. The Morgan fingerprint density at radius 1 is 1.14 bits per heavy atom. The maximum Gasteiger partial charge on any atom is 0.253 e. The number of hydrogen-bond donors (Lipinski definition) is 1. The Labute approximate surface area is 128 Å². The van der Waals surface area contributed by atoms with Gasteiger partial charge in [-0.15, -0.1) is 0 Å². The van der Waals surface area contributed by atoms with Crippen LogP contribution in [0.3, 0.4) is 0 Å². The first-order valence-corrected chi connectivity index (χ1v) is 8.74. The molecule has 1 N–H and O–H groups in total. The molecule has 2 aromatic heterocycles. The van der Waals surface area contributed by atoms with Gasteiger partial charge in [0.25, 0.3) is 5.91 Å². The topological polar surface area (TPSA) is 89.0 Å². The Kier molecular flexibility index (Phi) is 3.89. The summed E-state index contributed by atoms with van der Waals surface area (Å²) in [6.45, 7) is 0. The van der Waals surface area contributed by atoms with Gasteiger partial charge in [-0.05, 0) is 30.7 Å². The first-order valence-electron chi connectivity index (χ1n) is 6.92. The average molecular weight is 317 g/mol. The number of nitrogens with one attached hydrogen (secondary N) is 1. The molecule has 1 atom stereocenters. The van der Waals surface area contributed by atoms with Crippen LogP contribution in [0.25, 0.3) is 11.4 Å². The molecule has 3 heterocycles. The molecule has 7 heteroatoms. The highest BCUT2D eigenvalue weighted by Crippen LogP contribution is 2.15. The highest BCUT2D eigenvalue weighted by atomic mass is 32.2. The van der Waals surface area contributed by atoms with E-state index in [0.717, 1.165) is 5.69 Å². The maximum absolute atomic E-state index is 12.1. The lowest BCUT2D eigenvalue weighted by molar-refractivity contribution is 0.0941. The van der Waals surface area contributed by atoms with Crippen molar-refractivity contribution in [3.05, 3.63) is 48.3 Å². The lowest BCUT2D eigenvalue weighted by Crippen LogP contribution is -2.35. The highest BCUT2D eigenvalue weighted by molar-refractivity contribution is 7.91. The zero-order valence-electron chi connectivity index (χ0n) is 11.8. The minimum atomic E-state index is -3.00. The first kappa shape index (κ1) is 14.6. The van der Waals surface area contributed by atoms with Gasteiger partial charge in [0.05, 0.1) is 28.5 Å². The molecule has 0 radical (unpaired) electrons. The molecule has 1 saturated heterocycles. The summed E-state index contributed by atoms with van der Waals surface area (Å²) in [7, 11) is -3.00. The second kappa shape index (κ2) is 5.84. The van der Waals surface area contributed by atoms with Crippen molar-refractivity contribution in [2.24, 2.45) is 0 Å². The standard InChI is InChI=1S/C15H15N3O3S/c19-15(18-12-6-8-22(20,21)10-12)11-4-5-14(17-9-11)13-3-1-2-7-16-13/h1-5,7,9,12H,6,8,10H2,(H,18,19). The summed E-state index contributed by atoms with van der Waals surface area (Å²) in [5, 5.41) is 2.74. The molecule has 22 heavy (non-hydrogen) atoms. The van der Waals surface area contributed by atoms with Gasteiger partial charge in [-0.25, -0.2) is 8.42 Å². The van der Waals surface area contributed by atoms with E-state index in [9.17, 15) is 13.2 Å². The molecule has 1 unspecified atom stereocenters. The van der Waals surface area contributed by atoms with E-state index in [-0.39, 0.29) is 23.5 Å². The lowest BCUT2D eigenvalue weighted by atomic mass is 10.2. The van der Waals surface area contributed by atoms with Crippen LogP contribution in [0, 0.1) is 0 Å². The molecular formula is C15H15N3O3S. The number of carbonyl (C=O) groups excluding carboxylic acids is 1. The maximum atomic E-state index is 12.1. The number of nitrogens with zero attached hydrogens (tertiary/aromatic N) is 2. The lowest BCUT2D eigenvalue weighted by Gasteiger charge is -2.10. The van der Waals surface area contributed by atoms with Gasteiger partial charge in [0, 0.05) is 18.4 Å². The fraction of sp³-hybridized carbons (Fsp3) is 0.267. The minimum Gasteiger partial charge on any atom is -0.348 e. The van der Waals surface area contributed by atoms with Gasteiger partial charge in [-0.1, -0.05) is 6.07 Å². The van der Waals surface area contributed by atoms with Crippen LogP contribution in [0.2, 0.25) is 0 Å². The SMILES string of the molecule is O=C(NC1CCS(=O)(=O)C1)c1ccc(-c2ccccn2)nc1. The van der Waals surface area contributed by atoms with Gasteiger partial charge in [-0.2, -0.15) is 0 Å². The number of aromatic nitrogens is 2. The predicted molar refractivity (Wildman–Crippen MR) is 82.0 cm³/mol. The molecule has 6 nitrogen and oxygen atoms in total. The largest absolute Gasteiger partial charge is 0.348 e. The van der Waals surface area contributed by atoms with Gasteiger partial charge in [0.1, 0.15) is 0 Å². The smallest absolute Gasteiger partial charge is 0.253 e. The second-order valence-corrected chi connectivity index (χ2v) is 7.45. The van der Waals surface area contributed by atoms with Crippen LogP contribution >= 0.6 is 0 Å². The molecule has 1 aliphatic rings.